The largest absolute Gasteiger partial charge is 0.332 e. The van der Waals surface area contributed by atoms with E-state index in [2.05, 4.69) is 25.0 Å². The summed E-state index contributed by atoms with van der Waals surface area (Å²) >= 11 is 1.37. The van der Waals surface area contributed by atoms with E-state index < -0.39 is 10.0 Å². The lowest BCUT2D eigenvalue weighted by Gasteiger charge is -2.09. The lowest BCUT2D eigenvalue weighted by atomic mass is 10.2. The predicted molar refractivity (Wildman–Crippen MR) is 71.7 cm³/mol. The second-order valence-corrected chi connectivity index (χ2v) is 6.99. The molecule has 3 rings (SSSR count). The van der Waals surface area contributed by atoms with Gasteiger partial charge in [-0.1, -0.05) is 11.3 Å². The molecule has 0 spiro atoms. The van der Waals surface area contributed by atoms with Crippen molar-refractivity contribution < 1.29 is 8.42 Å². The first-order chi connectivity index (χ1) is 9.04. The molecule has 0 fully saturated rings. The molecule has 0 aliphatic carbocycles. The number of thiazole rings is 1. The highest BCUT2D eigenvalue weighted by Gasteiger charge is 2.21. The third kappa shape index (κ3) is 2.48. The first-order valence-electron chi connectivity index (χ1n) is 5.78. The Bertz CT molecular complexity index is 680. The Balaban J connectivity index is 1.86. The maximum atomic E-state index is 12.1. The fourth-order valence-corrected chi connectivity index (χ4v) is 4.06. The molecular formula is C10H13N5O2S2. The second-order valence-electron chi connectivity index (χ2n) is 4.25. The van der Waals surface area contributed by atoms with Gasteiger partial charge in [-0.2, -0.15) is 8.42 Å². The van der Waals surface area contributed by atoms with E-state index in [0.29, 0.717) is 11.0 Å². The number of aryl methyl sites for hydroxylation is 1. The van der Waals surface area contributed by atoms with E-state index in [1.165, 1.54) is 17.5 Å². The van der Waals surface area contributed by atoms with Crippen LogP contribution >= 0.6 is 11.3 Å². The Morgan fingerprint density at radius 2 is 2.32 bits per heavy atom. The van der Waals surface area contributed by atoms with Crippen molar-refractivity contribution in [2.45, 2.75) is 24.9 Å². The van der Waals surface area contributed by atoms with E-state index in [-0.39, 0.29) is 5.03 Å². The highest BCUT2D eigenvalue weighted by atomic mass is 32.2. The van der Waals surface area contributed by atoms with Crippen molar-refractivity contribution in [1.82, 2.24) is 20.3 Å². The molecule has 0 atom stereocenters. The average molecular weight is 299 g/mol. The number of fused-ring (bicyclic) bond motifs is 1. The van der Waals surface area contributed by atoms with E-state index >= 15 is 0 Å². The standard InChI is InChI=1S/C10H13N5O2S2/c1-6-12-5-9(13-6)19(16,17)15-10-14-7-2-3-11-4-8(7)18-10/h5,11H,2-4H2,1H3,(H,12,13)(H,14,15). The van der Waals surface area contributed by atoms with Crippen molar-refractivity contribution in [3.63, 3.8) is 0 Å². The predicted octanol–water partition coefficient (Wildman–Crippen LogP) is 0.621. The molecule has 9 heteroatoms. The van der Waals surface area contributed by atoms with Gasteiger partial charge in [0.2, 0.25) is 0 Å². The smallest absolute Gasteiger partial charge is 0.280 e. The number of imidazole rings is 1. The van der Waals surface area contributed by atoms with Crippen LogP contribution in [0.25, 0.3) is 0 Å². The quantitative estimate of drug-likeness (QED) is 0.771. The third-order valence-electron chi connectivity index (χ3n) is 2.79. The fourth-order valence-electron chi connectivity index (χ4n) is 1.87. The molecule has 19 heavy (non-hydrogen) atoms. The van der Waals surface area contributed by atoms with Crippen molar-refractivity contribution in [3.05, 3.63) is 22.6 Å². The number of aromatic nitrogens is 3. The molecule has 0 unspecified atom stereocenters. The van der Waals surface area contributed by atoms with Gasteiger partial charge in [0.05, 0.1) is 11.9 Å². The summed E-state index contributed by atoms with van der Waals surface area (Å²) in [7, 11) is -3.63. The Labute approximate surface area is 114 Å². The van der Waals surface area contributed by atoms with E-state index in [0.717, 1.165) is 30.1 Å². The van der Waals surface area contributed by atoms with Crippen molar-refractivity contribution in [2.24, 2.45) is 0 Å². The summed E-state index contributed by atoms with van der Waals surface area (Å²) in [6.07, 6.45) is 2.13. The minimum absolute atomic E-state index is 0.0521. The summed E-state index contributed by atoms with van der Waals surface area (Å²) in [6, 6.07) is 0. The normalized spacial score (nSPS) is 15.2. The van der Waals surface area contributed by atoms with E-state index in [1.54, 1.807) is 6.92 Å². The number of hydrogen-bond acceptors (Lipinski definition) is 6. The zero-order valence-electron chi connectivity index (χ0n) is 10.2. The number of nitrogens with one attached hydrogen (secondary N) is 3. The summed E-state index contributed by atoms with van der Waals surface area (Å²) in [5, 5.41) is 3.68. The minimum atomic E-state index is -3.63. The molecule has 0 radical (unpaired) electrons. The van der Waals surface area contributed by atoms with Gasteiger partial charge < -0.3 is 10.3 Å². The van der Waals surface area contributed by atoms with Gasteiger partial charge in [0.1, 0.15) is 5.82 Å². The van der Waals surface area contributed by atoms with Crippen LogP contribution < -0.4 is 10.0 Å². The van der Waals surface area contributed by atoms with Gasteiger partial charge in [0.25, 0.3) is 10.0 Å². The van der Waals surface area contributed by atoms with Crippen LogP contribution in [0, 0.1) is 6.92 Å². The molecular weight excluding hydrogens is 286 g/mol. The van der Waals surface area contributed by atoms with Crippen LogP contribution in [-0.4, -0.2) is 29.9 Å². The zero-order valence-corrected chi connectivity index (χ0v) is 11.9. The van der Waals surface area contributed by atoms with Crippen LogP contribution in [0.4, 0.5) is 5.13 Å². The van der Waals surface area contributed by atoms with Crippen molar-refractivity contribution in [2.75, 3.05) is 11.3 Å². The third-order valence-corrected chi connectivity index (χ3v) is 5.18. The van der Waals surface area contributed by atoms with Crippen molar-refractivity contribution >= 4 is 26.5 Å². The second kappa shape index (κ2) is 4.58. The highest BCUT2D eigenvalue weighted by molar-refractivity contribution is 7.92. The average Bonchev–Trinajstić information content (AvgIpc) is 2.94. The summed E-state index contributed by atoms with van der Waals surface area (Å²) in [4.78, 5) is 12.0. The molecule has 2 aromatic heterocycles. The summed E-state index contributed by atoms with van der Waals surface area (Å²) < 4.78 is 26.7. The summed E-state index contributed by atoms with van der Waals surface area (Å²) in [5.41, 5.74) is 0.974. The van der Waals surface area contributed by atoms with Crippen LogP contribution in [0.15, 0.2) is 11.2 Å². The summed E-state index contributed by atoms with van der Waals surface area (Å²) in [6.45, 7) is 3.33. The van der Waals surface area contributed by atoms with E-state index in [4.69, 9.17) is 0 Å². The summed E-state index contributed by atoms with van der Waals surface area (Å²) in [5.74, 6) is 0.558. The van der Waals surface area contributed by atoms with Gasteiger partial charge >= 0.3 is 0 Å². The van der Waals surface area contributed by atoms with Gasteiger partial charge in [0.15, 0.2) is 10.2 Å². The van der Waals surface area contributed by atoms with Crippen LogP contribution in [0.5, 0.6) is 0 Å². The molecule has 1 aliphatic rings. The van der Waals surface area contributed by atoms with Gasteiger partial charge in [-0.05, 0) is 6.92 Å². The van der Waals surface area contributed by atoms with Gasteiger partial charge in [-0.25, -0.2) is 9.97 Å². The van der Waals surface area contributed by atoms with Crippen LogP contribution in [0.2, 0.25) is 0 Å². The van der Waals surface area contributed by atoms with Crippen molar-refractivity contribution in [1.29, 1.82) is 0 Å². The van der Waals surface area contributed by atoms with Crippen LogP contribution in [0.3, 0.4) is 0 Å². The molecule has 3 N–H and O–H groups in total. The Kier molecular flexibility index (Phi) is 3.03. The maximum Gasteiger partial charge on any atom is 0.280 e. The molecule has 7 nitrogen and oxygen atoms in total. The zero-order chi connectivity index (χ0) is 13.5. The number of rotatable bonds is 3. The molecule has 0 saturated heterocycles. The first kappa shape index (κ1) is 12.6. The monoisotopic (exact) mass is 299 g/mol. The minimum Gasteiger partial charge on any atom is -0.332 e. The Hall–Kier alpha value is -1.45. The van der Waals surface area contributed by atoms with E-state index in [1.807, 2.05) is 0 Å². The Morgan fingerprint density at radius 3 is 3.00 bits per heavy atom. The van der Waals surface area contributed by atoms with Crippen LogP contribution in [0.1, 0.15) is 16.4 Å². The van der Waals surface area contributed by atoms with Gasteiger partial charge in [-0.15, -0.1) is 0 Å². The number of aromatic amines is 1. The van der Waals surface area contributed by atoms with Gasteiger partial charge in [-0.3, -0.25) is 4.72 Å². The first-order valence-corrected chi connectivity index (χ1v) is 8.08. The molecule has 1 aliphatic heterocycles. The Morgan fingerprint density at radius 1 is 1.47 bits per heavy atom. The number of sulfonamides is 1. The van der Waals surface area contributed by atoms with Gasteiger partial charge in [0, 0.05) is 24.4 Å². The topological polar surface area (TPSA) is 99.8 Å². The number of H-pyrrole nitrogens is 1. The molecule has 3 heterocycles. The SMILES string of the molecule is Cc1ncc(S(=O)(=O)Nc2nc3c(s2)CNCC3)[nH]1. The molecule has 2 aromatic rings. The lowest BCUT2D eigenvalue weighted by molar-refractivity contribution is 0.598. The number of hydrogen-bond donors (Lipinski definition) is 3. The molecule has 0 amide bonds. The highest BCUT2D eigenvalue weighted by Crippen LogP contribution is 2.26. The molecule has 0 bridgehead atoms. The fraction of sp³-hybridized carbons (Fsp3) is 0.400. The number of nitrogens with zero attached hydrogens (tertiary/aromatic N) is 2. The molecule has 102 valence electrons. The maximum absolute atomic E-state index is 12.1. The lowest BCUT2D eigenvalue weighted by Crippen LogP contribution is -2.22. The van der Waals surface area contributed by atoms with E-state index in [9.17, 15) is 8.42 Å². The van der Waals surface area contributed by atoms with Crippen LogP contribution in [-0.2, 0) is 23.0 Å². The van der Waals surface area contributed by atoms with Crippen molar-refractivity contribution in [3.8, 4) is 0 Å². The molecule has 0 aromatic carbocycles. The number of anilines is 1. The molecule has 0 saturated carbocycles.